The molecule has 1 aromatic carbocycles. The molecule has 0 bridgehead atoms. The van der Waals surface area contributed by atoms with E-state index in [0.717, 1.165) is 5.01 Å². The van der Waals surface area contributed by atoms with Gasteiger partial charge in [-0.15, -0.1) is 4.91 Å². The number of carbonyl (C=O) groups is 3. The lowest BCUT2D eigenvalue weighted by Gasteiger charge is -2.17. The summed E-state index contributed by atoms with van der Waals surface area (Å²) < 4.78 is 9.76. The number of benzene rings is 1. The Morgan fingerprint density at radius 3 is 2.27 bits per heavy atom. The molecule has 0 aliphatic carbocycles. The lowest BCUT2D eigenvalue weighted by atomic mass is 10.1. The van der Waals surface area contributed by atoms with Crippen molar-refractivity contribution < 1.29 is 23.9 Å². The highest BCUT2D eigenvalue weighted by atomic mass is 16.5. The predicted octanol–water partition coefficient (Wildman–Crippen LogP) is 1.81. The molecule has 1 N–H and O–H groups in total. The fraction of sp³-hybridized carbons (Fsp3) is 0.471. The first-order valence-corrected chi connectivity index (χ1v) is 8.23. The van der Waals surface area contributed by atoms with Crippen molar-refractivity contribution in [3.05, 3.63) is 34.7 Å². The number of nitrogens with zero attached hydrogens (tertiary/aromatic N) is 2. The minimum atomic E-state index is -0.967. The maximum Gasteiger partial charge on any atom is 0.328 e. The highest BCUT2D eigenvalue weighted by Gasteiger charge is 2.24. The number of ether oxygens (including phenoxy) is 2. The van der Waals surface area contributed by atoms with Crippen LogP contribution in [-0.4, -0.2) is 44.1 Å². The van der Waals surface area contributed by atoms with Crippen molar-refractivity contribution in [1.29, 1.82) is 0 Å². The van der Waals surface area contributed by atoms with E-state index in [1.165, 1.54) is 19.2 Å². The smallest absolute Gasteiger partial charge is 0.328 e. The Morgan fingerprint density at radius 1 is 1.12 bits per heavy atom. The summed E-state index contributed by atoms with van der Waals surface area (Å²) in [6.07, 6.45) is 0.0472. The molecule has 1 rings (SSSR count). The fourth-order valence-electron chi connectivity index (χ4n) is 2.10. The second-order valence-electron chi connectivity index (χ2n) is 5.27. The molecule has 0 saturated carbocycles. The van der Waals surface area contributed by atoms with E-state index in [2.05, 4.69) is 10.6 Å². The van der Waals surface area contributed by atoms with Crippen molar-refractivity contribution in [3.8, 4) is 0 Å². The standard InChI is InChI=1S/C17H23N3O6/c1-4-25-15(21)11-10-14(17(23)26-5-2)18-16(22)12-6-8-13(9-7-12)20(3)19-24/h6-9,14H,4-5,10-11H2,1-3H3,(H,18,22)/t14-/m0/s1. The second kappa shape index (κ2) is 10.8. The van der Waals surface area contributed by atoms with Gasteiger partial charge in [0.25, 0.3) is 5.91 Å². The van der Waals surface area contributed by atoms with Gasteiger partial charge in [0.15, 0.2) is 0 Å². The number of nitrogens with one attached hydrogen (secondary N) is 1. The van der Waals surface area contributed by atoms with Crippen molar-refractivity contribution in [1.82, 2.24) is 5.32 Å². The summed E-state index contributed by atoms with van der Waals surface area (Å²) in [6.45, 7) is 3.73. The summed E-state index contributed by atoms with van der Waals surface area (Å²) in [5, 5.41) is 6.43. The van der Waals surface area contributed by atoms with E-state index in [9.17, 15) is 19.3 Å². The molecule has 1 amide bonds. The molecule has 0 unspecified atom stereocenters. The summed E-state index contributed by atoms with van der Waals surface area (Å²) in [6, 6.07) is 5.13. The lowest BCUT2D eigenvalue weighted by molar-refractivity contribution is -0.146. The Labute approximate surface area is 151 Å². The van der Waals surface area contributed by atoms with Crippen LogP contribution in [0, 0.1) is 4.91 Å². The summed E-state index contributed by atoms with van der Waals surface area (Å²) in [5.74, 6) is -1.57. The minimum absolute atomic E-state index is 0.0215. The summed E-state index contributed by atoms with van der Waals surface area (Å²) in [7, 11) is 1.48. The van der Waals surface area contributed by atoms with Gasteiger partial charge in [-0.25, -0.2) is 9.80 Å². The van der Waals surface area contributed by atoms with Crippen LogP contribution in [-0.2, 0) is 19.1 Å². The number of hydrogen-bond donors (Lipinski definition) is 1. The van der Waals surface area contributed by atoms with Gasteiger partial charge >= 0.3 is 11.9 Å². The number of anilines is 1. The van der Waals surface area contributed by atoms with Gasteiger partial charge in [0.05, 0.1) is 24.2 Å². The van der Waals surface area contributed by atoms with Crippen LogP contribution in [0.3, 0.4) is 0 Å². The highest BCUT2D eigenvalue weighted by Crippen LogP contribution is 2.14. The van der Waals surface area contributed by atoms with Crippen LogP contribution in [0.5, 0.6) is 0 Å². The van der Waals surface area contributed by atoms with Crippen molar-refractivity contribution >= 4 is 23.5 Å². The van der Waals surface area contributed by atoms with Crippen LogP contribution in [0.15, 0.2) is 29.6 Å². The molecule has 1 atom stereocenters. The number of amides is 1. The van der Waals surface area contributed by atoms with Crippen LogP contribution in [0.2, 0.25) is 0 Å². The number of esters is 2. The van der Waals surface area contributed by atoms with Crippen LogP contribution in [0.1, 0.15) is 37.0 Å². The van der Waals surface area contributed by atoms with Crippen molar-refractivity contribution in [2.45, 2.75) is 32.7 Å². The van der Waals surface area contributed by atoms with E-state index in [1.807, 2.05) is 0 Å². The van der Waals surface area contributed by atoms with E-state index in [4.69, 9.17) is 9.47 Å². The average molecular weight is 365 g/mol. The van der Waals surface area contributed by atoms with E-state index in [0.29, 0.717) is 11.3 Å². The zero-order valence-corrected chi connectivity index (χ0v) is 15.1. The molecule has 0 heterocycles. The molecule has 1 aromatic rings. The van der Waals surface area contributed by atoms with Crippen LogP contribution in [0.4, 0.5) is 5.69 Å². The number of nitroso groups, excluding NO2 is 1. The van der Waals surface area contributed by atoms with Crippen molar-refractivity contribution in [2.24, 2.45) is 5.29 Å². The highest BCUT2D eigenvalue weighted by molar-refractivity contribution is 5.97. The number of hydrogen-bond acceptors (Lipinski definition) is 7. The maximum absolute atomic E-state index is 12.4. The summed E-state index contributed by atoms with van der Waals surface area (Å²) >= 11 is 0. The Hall–Kier alpha value is -2.97. The molecular weight excluding hydrogens is 342 g/mol. The molecule has 0 fully saturated rings. The van der Waals surface area contributed by atoms with E-state index >= 15 is 0 Å². The third-order valence-corrected chi connectivity index (χ3v) is 3.44. The summed E-state index contributed by atoms with van der Waals surface area (Å²) in [5.41, 5.74) is 0.805. The van der Waals surface area contributed by atoms with E-state index in [1.54, 1.807) is 26.0 Å². The number of rotatable bonds is 10. The van der Waals surface area contributed by atoms with E-state index in [-0.39, 0.29) is 26.1 Å². The van der Waals surface area contributed by atoms with Crippen molar-refractivity contribution in [2.75, 3.05) is 25.3 Å². The SMILES string of the molecule is CCOC(=O)CC[C@H](NC(=O)c1ccc(N(C)N=O)cc1)C(=O)OCC. The Bertz CT molecular complexity index is 632. The van der Waals surface area contributed by atoms with Gasteiger partial charge < -0.3 is 14.8 Å². The predicted molar refractivity (Wildman–Crippen MR) is 94.4 cm³/mol. The largest absolute Gasteiger partial charge is 0.466 e. The van der Waals surface area contributed by atoms with Crippen molar-refractivity contribution in [3.63, 3.8) is 0 Å². The average Bonchev–Trinajstić information content (AvgIpc) is 2.64. The molecule has 0 radical (unpaired) electrons. The minimum Gasteiger partial charge on any atom is -0.466 e. The fourth-order valence-corrected chi connectivity index (χ4v) is 2.10. The first kappa shape index (κ1) is 21.1. The van der Waals surface area contributed by atoms with Gasteiger partial charge in [-0.3, -0.25) is 9.59 Å². The second-order valence-corrected chi connectivity index (χ2v) is 5.27. The normalized spacial score (nSPS) is 11.2. The molecule has 0 aliphatic rings. The van der Waals surface area contributed by atoms with Gasteiger partial charge in [-0.1, -0.05) is 0 Å². The third kappa shape index (κ3) is 6.50. The van der Waals surface area contributed by atoms with Gasteiger partial charge in [-0.05, 0) is 44.5 Å². The van der Waals surface area contributed by atoms with Crippen LogP contribution < -0.4 is 10.3 Å². The lowest BCUT2D eigenvalue weighted by Crippen LogP contribution is -2.42. The molecule has 9 nitrogen and oxygen atoms in total. The zero-order chi connectivity index (χ0) is 19.5. The topological polar surface area (TPSA) is 114 Å². The van der Waals surface area contributed by atoms with Crippen LogP contribution >= 0.6 is 0 Å². The molecule has 0 spiro atoms. The zero-order valence-electron chi connectivity index (χ0n) is 15.1. The third-order valence-electron chi connectivity index (χ3n) is 3.44. The monoisotopic (exact) mass is 365 g/mol. The molecule has 0 aliphatic heterocycles. The van der Waals surface area contributed by atoms with Gasteiger partial charge in [0.2, 0.25) is 0 Å². The van der Waals surface area contributed by atoms with Gasteiger partial charge in [0, 0.05) is 19.0 Å². The molecule has 142 valence electrons. The Morgan fingerprint density at radius 2 is 1.73 bits per heavy atom. The Kier molecular flexibility index (Phi) is 8.76. The van der Waals surface area contributed by atoms with Gasteiger partial charge in [-0.2, -0.15) is 0 Å². The number of carbonyl (C=O) groups excluding carboxylic acids is 3. The molecule has 0 aromatic heterocycles. The first-order chi connectivity index (χ1) is 12.4. The summed E-state index contributed by atoms with van der Waals surface area (Å²) in [4.78, 5) is 46.3. The molecule has 26 heavy (non-hydrogen) atoms. The van der Waals surface area contributed by atoms with E-state index < -0.39 is 23.9 Å². The quantitative estimate of drug-likeness (QED) is 0.382. The molecule has 9 heteroatoms. The van der Waals surface area contributed by atoms with Crippen LogP contribution in [0.25, 0.3) is 0 Å². The maximum atomic E-state index is 12.4. The molecular formula is C17H23N3O6. The first-order valence-electron chi connectivity index (χ1n) is 8.23. The molecule has 0 saturated heterocycles. The Balaban J connectivity index is 2.78. The van der Waals surface area contributed by atoms with Gasteiger partial charge in [0.1, 0.15) is 6.04 Å².